The van der Waals surface area contributed by atoms with E-state index in [0.717, 1.165) is 51.4 Å². The molecule has 1 saturated carbocycles. The Morgan fingerprint density at radius 2 is 0.855 bits per heavy atom. The van der Waals surface area contributed by atoms with E-state index < -0.39 is 63.1 Å². The van der Waals surface area contributed by atoms with Crippen LogP contribution < -0.4 is 0 Å². The van der Waals surface area contributed by atoms with Gasteiger partial charge in [-0.2, -0.15) is 0 Å². The third-order valence-corrected chi connectivity index (χ3v) is 13.1. The molecule has 0 amide bonds. The van der Waals surface area contributed by atoms with Gasteiger partial charge in [0.2, 0.25) is 0 Å². The molecule has 6 unspecified atom stereocenters. The number of esters is 1. The smallest absolute Gasteiger partial charge is 0.457 e. The normalized spacial score (nSPS) is 22.0. The first kappa shape index (κ1) is 59.1. The van der Waals surface area contributed by atoms with E-state index in [2.05, 4.69) is 26.0 Å². The van der Waals surface area contributed by atoms with E-state index in [1.807, 2.05) is 0 Å². The number of allylic oxidation sites excluding steroid dienone is 2. The monoisotopic (exact) mass is 907 g/mol. The number of hydrogen-bond acceptors (Lipinski definition) is 11. The minimum atomic E-state index is -5.02. The van der Waals surface area contributed by atoms with Gasteiger partial charge in [0.05, 0.1) is 13.2 Å². The van der Waals surface area contributed by atoms with Gasteiger partial charge in [-0.1, -0.05) is 199 Å². The van der Waals surface area contributed by atoms with Gasteiger partial charge < -0.3 is 39.9 Å². The summed E-state index contributed by atoms with van der Waals surface area (Å²) in [5.41, 5.74) is 0. The largest absolute Gasteiger partial charge is 0.472 e. The lowest BCUT2D eigenvalue weighted by Gasteiger charge is -2.41. The van der Waals surface area contributed by atoms with Crippen LogP contribution >= 0.6 is 7.82 Å². The Labute approximate surface area is 377 Å². The Balaban J connectivity index is 2.31. The first-order valence-corrected chi connectivity index (χ1v) is 27.0. The average Bonchev–Trinajstić information content (AvgIpc) is 3.26. The molecule has 1 fully saturated rings. The number of carbonyl (C=O) groups is 1. The maximum Gasteiger partial charge on any atom is 0.472 e. The van der Waals surface area contributed by atoms with Crippen LogP contribution in [-0.4, -0.2) is 98.9 Å². The van der Waals surface area contributed by atoms with Crippen molar-refractivity contribution in [1.82, 2.24) is 0 Å². The molecule has 13 heteroatoms. The lowest BCUT2D eigenvalue weighted by atomic mass is 9.85. The second-order valence-corrected chi connectivity index (χ2v) is 19.4. The van der Waals surface area contributed by atoms with Crippen LogP contribution in [-0.2, 0) is 27.9 Å². The second-order valence-electron chi connectivity index (χ2n) is 18.0. The number of aliphatic hydroxyl groups is 5. The van der Waals surface area contributed by atoms with Crippen LogP contribution in [0, 0.1) is 0 Å². The Bertz CT molecular complexity index is 1080. The van der Waals surface area contributed by atoms with Crippen LogP contribution in [0.3, 0.4) is 0 Å². The number of carbonyl (C=O) groups excluding carboxylic acids is 1. The van der Waals surface area contributed by atoms with Crippen LogP contribution in [0.1, 0.15) is 232 Å². The van der Waals surface area contributed by atoms with E-state index >= 15 is 0 Å². The molecule has 0 radical (unpaired) electrons. The van der Waals surface area contributed by atoms with Gasteiger partial charge in [-0.05, 0) is 38.5 Å². The maximum absolute atomic E-state index is 12.8. The zero-order valence-corrected chi connectivity index (χ0v) is 40.3. The molecule has 0 saturated heterocycles. The first-order valence-electron chi connectivity index (χ1n) is 25.5. The van der Waals surface area contributed by atoms with E-state index in [-0.39, 0.29) is 13.0 Å². The Morgan fingerprint density at radius 3 is 1.29 bits per heavy atom. The second kappa shape index (κ2) is 40.4. The van der Waals surface area contributed by atoms with Crippen molar-refractivity contribution < 1.29 is 58.3 Å². The van der Waals surface area contributed by atoms with Gasteiger partial charge in [0.15, 0.2) is 0 Å². The molecule has 0 spiro atoms. The fourth-order valence-electron chi connectivity index (χ4n) is 8.06. The summed E-state index contributed by atoms with van der Waals surface area (Å²) in [4.78, 5) is 23.2. The molecular weight excluding hydrogens is 812 g/mol. The molecule has 1 aliphatic carbocycles. The van der Waals surface area contributed by atoms with E-state index in [1.54, 1.807) is 0 Å². The molecule has 62 heavy (non-hydrogen) atoms. The highest BCUT2D eigenvalue weighted by atomic mass is 31.2. The van der Waals surface area contributed by atoms with E-state index in [4.69, 9.17) is 18.5 Å². The Hall–Kier alpha value is -0.920. The van der Waals surface area contributed by atoms with E-state index in [1.165, 1.54) is 154 Å². The van der Waals surface area contributed by atoms with Crippen LogP contribution in [0.25, 0.3) is 0 Å². The van der Waals surface area contributed by atoms with E-state index in [9.17, 15) is 39.8 Å². The summed E-state index contributed by atoms with van der Waals surface area (Å²) in [5.74, 6) is -0.474. The summed E-state index contributed by atoms with van der Waals surface area (Å²) >= 11 is 0. The molecule has 0 aliphatic heterocycles. The molecule has 0 aromatic heterocycles. The Morgan fingerprint density at radius 1 is 0.500 bits per heavy atom. The van der Waals surface area contributed by atoms with Crippen molar-refractivity contribution in [1.29, 1.82) is 0 Å². The lowest BCUT2D eigenvalue weighted by Crippen LogP contribution is -2.64. The molecule has 6 atom stereocenters. The van der Waals surface area contributed by atoms with Gasteiger partial charge in [0, 0.05) is 13.0 Å². The summed E-state index contributed by atoms with van der Waals surface area (Å²) in [6, 6.07) is 0. The third kappa shape index (κ3) is 31.9. The highest BCUT2D eigenvalue weighted by molar-refractivity contribution is 7.47. The highest BCUT2D eigenvalue weighted by Crippen LogP contribution is 2.47. The SMILES string of the molecule is CCCCCC/C=C\CCCCCCCCOCC(COP(=O)(O)OC1C(O)C(O)C(O)C(O)C1O)OC(=O)CCCCCCCCCCCCCCCCCCCCCCC. The predicted molar refractivity (Wildman–Crippen MR) is 249 cm³/mol. The lowest BCUT2D eigenvalue weighted by molar-refractivity contribution is -0.220. The van der Waals surface area contributed by atoms with Gasteiger partial charge in [0.25, 0.3) is 0 Å². The number of phosphoric ester groups is 1. The van der Waals surface area contributed by atoms with Gasteiger partial charge in [-0.25, -0.2) is 4.57 Å². The molecular formula is C49H95O12P. The Kier molecular flexibility index (Phi) is 38.5. The predicted octanol–water partition coefficient (Wildman–Crippen LogP) is 11.1. The number of aliphatic hydroxyl groups excluding tert-OH is 5. The van der Waals surface area contributed by atoms with Crippen molar-refractivity contribution in [3.8, 4) is 0 Å². The van der Waals surface area contributed by atoms with Crippen molar-refractivity contribution in [2.75, 3.05) is 19.8 Å². The number of ether oxygens (including phenoxy) is 2. The van der Waals surface area contributed by atoms with Crippen molar-refractivity contribution in [2.24, 2.45) is 0 Å². The molecule has 1 rings (SSSR count). The number of phosphoric acid groups is 1. The minimum Gasteiger partial charge on any atom is -0.457 e. The number of rotatable bonds is 44. The molecule has 0 aromatic carbocycles. The summed E-state index contributed by atoms with van der Waals surface area (Å²) in [6.07, 6.45) is 32.8. The number of unbranched alkanes of at least 4 members (excludes halogenated alkanes) is 30. The summed E-state index contributed by atoms with van der Waals surface area (Å²) < 4.78 is 34.3. The zero-order valence-electron chi connectivity index (χ0n) is 39.4. The van der Waals surface area contributed by atoms with Crippen LogP contribution in [0.2, 0.25) is 0 Å². The minimum absolute atomic E-state index is 0.0753. The highest BCUT2D eigenvalue weighted by Gasteiger charge is 2.51. The number of hydrogen-bond donors (Lipinski definition) is 6. The molecule has 0 heterocycles. The summed E-state index contributed by atoms with van der Waals surface area (Å²) in [6.45, 7) is 4.27. The molecule has 0 aromatic rings. The quantitative estimate of drug-likeness (QED) is 0.0147. The first-order chi connectivity index (χ1) is 30.0. The van der Waals surface area contributed by atoms with Crippen molar-refractivity contribution >= 4 is 13.8 Å². The molecule has 1 aliphatic rings. The van der Waals surface area contributed by atoms with Crippen molar-refractivity contribution in [3.63, 3.8) is 0 Å². The fraction of sp³-hybridized carbons (Fsp3) is 0.939. The zero-order chi connectivity index (χ0) is 45.5. The summed E-state index contributed by atoms with van der Waals surface area (Å²) in [7, 11) is -5.02. The average molecular weight is 907 g/mol. The van der Waals surface area contributed by atoms with Gasteiger partial charge in [0.1, 0.15) is 42.7 Å². The van der Waals surface area contributed by atoms with Gasteiger partial charge >= 0.3 is 13.8 Å². The third-order valence-electron chi connectivity index (χ3n) is 12.1. The molecule has 368 valence electrons. The van der Waals surface area contributed by atoms with Crippen LogP contribution in [0.5, 0.6) is 0 Å². The van der Waals surface area contributed by atoms with E-state index in [0.29, 0.717) is 13.0 Å². The molecule has 0 bridgehead atoms. The maximum atomic E-state index is 12.8. The van der Waals surface area contributed by atoms with Gasteiger partial charge in [-0.15, -0.1) is 0 Å². The van der Waals surface area contributed by atoms with Crippen LogP contribution in [0.15, 0.2) is 12.2 Å². The van der Waals surface area contributed by atoms with Crippen molar-refractivity contribution in [2.45, 2.75) is 275 Å². The summed E-state index contributed by atoms with van der Waals surface area (Å²) in [5, 5.41) is 50.2. The topological polar surface area (TPSA) is 192 Å². The molecule has 6 N–H and O–H groups in total. The standard InChI is InChI=1S/C49H95O12P/c1-3-5-7-9-11-13-15-17-19-20-21-22-23-24-25-26-28-30-32-34-36-38-43(50)60-42(40-58-39-37-35-33-31-29-27-18-16-14-12-10-8-6-4-2)41-59-62(56,57)61-49-47(54)45(52)44(51)46(53)48(49)55/h14,16,42,44-49,51-55H,3-13,15,17-41H2,1-2H3,(H,56,57)/b16-14-. The molecule has 12 nitrogen and oxygen atoms in total. The van der Waals surface area contributed by atoms with Crippen LogP contribution in [0.4, 0.5) is 0 Å². The van der Waals surface area contributed by atoms with Gasteiger partial charge in [-0.3, -0.25) is 13.8 Å². The fourth-order valence-corrected chi connectivity index (χ4v) is 9.03. The van der Waals surface area contributed by atoms with Crippen molar-refractivity contribution in [3.05, 3.63) is 12.2 Å².